The molecule has 3 rings (SSSR count). The van der Waals surface area contributed by atoms with Crippen molar-refractivity contribution in [3.63, 3.8) is 0 Å². The second-order valence-corrected chi connectivity index (χ2v) is 6.98. The van der Waals surface area contributed by atoms with Gasteiger partial charge in [-0.05, 0) is 37.5 Å². The third-order valence-electron chi connectivity index (χ3n) is 5.18. The maximum atomic E-state index is 12.6. The molecule has 1 unspecified atom stereocenters. The Morgan fingerprint density at radius 1 is 1.04 bits per heavy atom. The van der Waals surface area contributed by atoms with Crippen molar-refractivity contribution in [2.24, 2.45) is 11.8 Å². The van der Waals surface area contributed by atoms with Crippen molar-refractivity contribution < 1.29 is 19.5 Å². The number of anilines is 1. The molecule has 1 atom stereocenters. The molecule has 0 aromatic heterocycles. The topological polar surface area (TPSA) is 86.7 Å². The minimum Gasteiger partial charge on any atom is -0.481 e. The smallest absolute Gasteiger partial charge is 0.308 e. The van der Waals surface area contributed by atoms with Crippen molar-refractivity contribution in [1.29, 1.82) is 0 Å². The Balaban J connectivity index is 1.64. The Hall–Kier alpha value is -2.37. The first-order chi connectivity index (χ1) is 12.0. The van der Waals surface area contributed by atoms with Gasteiger partial charge in [-0.3, -0.25) is 14.4 Å². The van der Waals surface area contributed by atoms with Crippen LogP contribution in [-0.4, -0.2) is 40.9 Å². The molecule has 6 heteroatoms. The predicted octanol–water partition coefficient (Wildman–Crippen LogP) is 2.75. The van der Waals surface area contributed by atoms with Gasteiger partial charge in [-0.15, -0.1) is 0 Å². The van der Waals surface area contributed by atoms with Crippen LogP contribution in [0.15, 0.2) is 24.3 Å². The molecular formula is C19H24N2O4. The second kappa shape index (κ2) is 7.68. The number of carbonyl (C=O) groups is 3. The molecule has 25 heavy (non-hydrogen) atoms. The first-order valence-electron chi connectivity index (χ1n) is 8.97. The number of nitrogens with one attached hydrogen (secondary N) is 1. The van der Waals surface area contributed by atoms with Gasteiger partial charge in [0.2, 0.25) is 5.91 Å². The zero-order chi connectivity index (χ0) is 17.8. The van der Waals surface area contributed by atoms with Gasteiger partial charge in [-0.1, -0.05) is 25.3 Å². The number of carboxylic acids is 1. The monoisotopic (exact) mass is 344 g/mol. The van der Waals surface area contributed by atoms with E-state index in [4.69, 9.17) is 5.11 Å². The fourth-order valence-electron chi connectivity index (χ4n) is 3.67. The number of benzene rings is 1. The Kier molecular flexibility index (Phi) is 5.36. The fourth-order valence-corrected chi connectivity index (χ4v) is 3.67. The molecule has 1 aromatic carbocycles. The average Bonchev–Trinajstić information content (AvgIpc) is 3.12. The summed E-state index contributed by atoms with van der Waals surface area (Å²) in [6.07, 6.45) is 5.72. The fraction of sp³-hybridized carbons (Fsp3) is 0.526. The van der Waals surface area contributed by atoms with E-state index in [1.54, 1.807) is 29.2 Å². The predicted molar refractivity (Wildman–Crippen MR) is 93.3 cm³/mol. The highest BCUT2D eigenvalue weighted by atomic mass is 16.4. The summed E-state index contributed by atoms with van der Waals surface area (Å²) >= 11 is 0. The van der Waals surface area contributed by atoms with Gasteiger partial charge < -0.3 is 15.3 Å². The second-order valence-electron chi connectivity index (χ2n) is 6.98. The van der Waals surface area contributed by atoms with Crippen molar-refractivity contribution in [3.8, 4) is 0 Å². The molecule has 0 spiro atoms. The van der Waals surface area contributed by atoms with E-state index in [2.05, 4.69) is 5.32 Å². The van der Waals surface area contributed by atoms with Gasteiger partial charge in [0.05, 0.1) is 5.92 Å². The number of hydrogen-bond donors (Lipinski definition) is 2. The summed E-state index contributed by atoms with van der Waals surface area (Å²) in [5.41, 5.74) is 1.10. The number of carbonyl (C=O) groups excluding carboxylic acids is 2. The molecule has 6 nitrogen and oxygen atoms in total. The van der Waals surface area contributed by atoms with Crippen LogP contribution in [0.3, 0.4) is 0 Å². The van der Waals surface area contributed by atoms with Crippen LogP contribution in [0.1, 0.15) is 48.9 Å². The minimum absolute atomic E-state index is 0.0245. The van der Waals surface area contributed by atoms with Crippen molar-refractivity contribution >= 4 is 23.5 Å². The third kappa shape index (κ3) is 4.18. The van der Waals surface area contributed by atoms with E-state index in [1.165, 1.54) is 6.42 Å². The summed E-state index contributed by atoms with van der Waals surface area (Å²) in [4.78, 5) is 37.5. The molecule has 1 heterocycles. The summed E-state index contributed by atoms with van der Waals surface area (Å²) in [5.74, 6) is -1.45. The molecule has 1 saturated carbocycles. The van der Waals surface area contributed by atoms with Crippen molar-refractivity contribution in [3.05, 3.63) is 29.8 Å². The van der Waals surface area contributed by atoms with E-state index < -0.39 is 11.9 Å². The SMILES string of the molecule is O=C(O)C1CCN(C(=O)c2cccc(NC(=O)C3CCCCC3)c2)C1. The summed E-state index contributed by atoms with van der Waals surface area (Å²) in [6.45, 7) is 0.696. The molecule has 1 saturated heterocycles. The van der Waals surface area contributed by atoms with Crippen LogP contribution in [0.4, 0.5) is 5.69 Å². The minimum atomic E-state index is -0.858. The molecule has 134 valence electrons. The molecule has 2 amide bonds. The highest BCUT2D eigenvalue weighted by molar-refractivity contribution is 5.98. The van der Waals surface area contributed by atoms with Crippen molar-refractivity contribution in [2.45, 2.75) is 38.5 Å². The van der Waals surface area contributed by atoms with E-state index in [0.717, 1.165) is 25.7 Å². The van der Waals surface area contributed by atoms with E-state index in [0.29, 0.717) is 24.2 Å². The molecule has 0 radical (unpaired) electrons. The molecule has 1 aliphatic heterocycles. The van der Waals surface area contributed by atoms with E-state index in [9.17, 15) is 14.4 Å². The molecule has 2 fully saturated rings. The zero-order valence-corrected chi connectivity index (χ0v) is 14.2. The van der Waals surface area contributed by atoms with E-state index >= 15 is 0 Å². The van der Waals surface area contributed by atoms with Crippen LogP contribution in [0.2, 0.25) is 0 Å². The van der Waals surface area contributed by atoms with E-state index in [-0.39, 0.29) is 24.3 Å². The zero-order valence-electron chi connectivity index (χ0n) is 14.2. The maximum absolute atomic E-state index is 12.6. The average molecular weight is 344 g/mol. The number of rotatable bonds is 4. The quantitative estimate of drug-likeness (QED) is 0.879. The number of hydrogen-bond acceptors (Lipinski definition) is 3. The number of aliphatic carboxylic acids is 1. The van der Waals surface area contributed by atoms with Crippen molar-refractivity contribution in [1.82, 2.24) is 4.90 Å². The summed E-state index contributed by atoms with van der Waals surface area (Å²) in [7, 11) is 0. The lowest BCUT2D eigenvalue weighted by Crippen LogP contribution is -2.30. The van der Waals surface area contributed by atoms with Gasteiger partial charge in [0.1, 0.15) is 0 Å². The van der Waals surface area contributed by atoms with Crippen LogP contribution < -0.4 is 5.32 Å². The number of likely N-dealkylation sites (tertiary alicyclic amines) is 1. The first-order valence-corrected chi connectivity index (χ1v) is 8.97. The normalized spacial score (nSPS) is 21.1. The van der Waals surface area contributed by atoms with Gasteiger partial charge in [-0.2, -0.15) is 0 Å². The van der Waals surface area contributed by atoms with Crippen LogP contribution >= 0.6 is 0 Å². The molecule has 1 aliphatic carbocycles. The third-order valence-corrected chi connectivity index (χ3v) is 5.18. The molecule has 0 bridgehead atoms. The van der Waals surface area contributed by atoms with Gasteiger partial charge in [-0.25, -0.2) is 0 Å². The number of carboxylic acid groups (broad SMARTS) is 1. The van der Waals surface area contributed by atoms with Crippen LogP contribution in [0, 0.1) is 11.8 Å². The summed E-state index contributed by atoms with van der Waals surface area (Å²) in [6, 6.07) is 6.90. The molecular weight excluding hydrogens is 320 g/mol. The summed E-state index contributed by atoms with van der Waals surface area (Å²) in [5, 5.41) is 12.0. The van der Waals surface area contributed by atoms with Crippen molar-refractivity contribution in [2.75, 3.05) is 18.4 Å². The lowest BCUT2D eigenvalue weighted by atomic mass is 9.88. The Bertz CT molecular complexity index is 667. The Morgan fingerprint density at radius 2 is 1.80 bits per heavy atom. The van der Waals surface area contributed by atoms with Gasteiger partial charge in [0, 0.05) is 30.3 Å². The van der Waals surface area contributed by atoms with Gasteiger partial charge in [0.25, 0.3) is 5.91 Å². The number of amides is 2. The first kappa shape index (κ1) is 17.5. The lowest BCUT2D eigenvalue weighted by molar-refractivity contribution is -0.141. The maximum Gasteiger partial charge on any atom is 0.308 e. The Morgan fingerprint density at radius 3 is 2.48 bits per heavy atom. The van der Waals surface area contributed by atoms with Crippen LogP contribution in [-0.2, 0) is 9.59 Å². The lowest BCUT2D eigenvalue weighted by Gasteiger charge is -2.21. The largest absolute Gasteiger partial charge is 0.481 e. The van der Waals surface area contributed by atoms with Crippen LogP contribution in [0.5, 0.6) is 0 Å². The molecule has 2 N–H and O–H groups in total. The highest BCUT2D eigenvalue weighted by Crippen LogP contribution is 2.25. The summed E-state index contributed by atoms with van der Waals surface area (Å²) < 4.78 is 0. The standard InChI is InChI=1S/C19H24N2O4/c22-17(13-5-2-1-3-6-13)20-16-8-4-7-14(11-16)18(23)21-10-9-15(12-21)19(24)25/h4,7-8,11,13,15H,1-3,5-6,9-10,12H2,(H,20,22)(H,24,25). The molecule has 2 aliphatic rings. The number of nitrogens with zero attached hydrogens (tertiary/aromatic N) is 1. The van der Waals surface area contributed by atoms with E-state index in [1.807, 2.05) is 0 Å². The van der Waals surface area contributed by atoms with Gasteiger partial charge in [0.15, 0.2) is 0 Å². The van der Waals surface area contributed by atoms with Gasteiger partial charge >= 0.3 is 5.97 Å². The molecule has 1 aromatic rings. The Labute approximate surface area is 147 Å². The van der Waals surface area contributed by atoms with Crippen LogP contribution in [0.25, 0.3) is 0 Å². The highest BCUT2D eigenvalue weighted by Gasteiger charge is 2.31.